The van der Waals surface area contributed by atoms with Gasteiger partial charge in [-0.1, -0.05) is 30.3 Å². The predicted molar refractivity (Wildman–Crippen MR) is 127 cm³/mol. The van der Waals surface area contributed by atoms with Crippen molar-refractivity contribution in [1.29, 1.82) is 0 Å². The Morgan fingerprint density at radius 1 is 1.26 bits per heavy atom. The Hall–Kier alpha value is -0.670. The van der Waals surface area contributed by atoms with Gasteiger partial charge in [-0.05, 0) is 45.7 Å². The molecule has 7 heteroatoms. The second-order valence-corrected chi connectivity index (χ2v) is 10.1. The van der Waals surface area contributed by atoms with E-state index in [4.69, 9.17) is 0 Å². The molecule has 1 aliphatic rings. The normalized spacial score (nSPS) is 19.4. The lowest BCUT2D eigenvalue weighted by Crippen LogP contribution is -2.45. The third-order valence-electron chi connectivity index (χ3n) is 4.72. The summed E-state index contributed by atoms with van der Waals surface area (Å²) in [6, 6.07) is 11.2. The van der Waals surface area contributed by atoms with Gasteiger partial charge >= 0.3 is 0 Å². The van der Waals surface area contributed by atoms with Gasteiger partial charge in [0.2, 0.25) is 0 Å². The number of likely N-dealkylation sites (tertiary alicyclic amines) is 1. The monoisotopic (exact) mass is 506 g/mol. The van der Waals surface area contributed by atoms with E-state index in [0.29, 0.717) is 18.3 Å². The molecule has 0 spiro atoms. The number of guanidine groups is 1. The average Bonchev–Trinajstić information content (AvgIpc) is 3.04. The van der Waals surface area contributed by atoms with Gasteiger partial charge in [0.05, 0.1) is 0 Å². The summed E-state index contributed by atoms with van der Waals surface area (Å²) in [5.74, 6) is 1.43. The van der Waals surface area contributed by atoms with Crippen molar-refractivity contribution in [2.45, 2.75) is 50.9 Å². The summed E-state index contributed by atoms with van der Waals surface area (Å²) < 4.78 is 12.0. The Bertz CT molecular complexity index is 604. The van der Waals surface area contributed by atoms with E-state index < -0.39 is 10.8 Å². The summed E-state index contributed by atoms with van der Waals surface area (Å²) in [7, 11) is 0.941. The third kappa shape index (κ3) is 8.48. The van der Waals surface area contributed by atoms with Gasteiger partial charge in [-0.15, -0.1) is 24.0 Å². The van der Waals surface area contributed by atoms with E-state index in [1.165, 1.54) is 18.4 Å². The van der Waals surface area contributed by atoms with Crippen LogP contribution in [-0.4, -0.2) is 58.3 Å². The molecule has 1 aliphatic heterocycles. The van der Waals surface area contributed by atoms with Crippen LogP contribution >= 0.6 is 24.0 Å². The zero-order chi connectivity index (χ0) is 19.0. The molecule has 1 saturated heterocycles. The van der Waals surface area contributed by atoms with Gasteiger partial charge in [-0.2, -0.15) is 0 Å². The van der Waals surface area contributed by atoms with Gasteiger partial charge in [0.25, 0.3) is 0 Å². The Kier molecular flexibility index (Phi) is 10.8. The van der Waals surface area contributed by atoms with Crippen molar-refractivity contribution in [2.24, 2.45) is 4.99 Å². The Morgan fingerprint density at radius 2 is 1.96 bits per heavy atom. The van der Waals surface area contributed by atoms with E-state index in [0.717, 1.165) is 25.6 Å². The molecule has 2 atom stereocenters. The molecule has 0 aliphatic carbocycles. The summed E-state index contributed by atoms with van der Waals surface area (Å²) in [6.45, 7) is 9.74. The predicted octanol–water partition coefficient (Wildman–Crippen LogP) is 2.98. The quantitative estimate of drug-likeness (QED) is 0.339. The topological polar surface area (TPSA) is 56.7 Å². The molecule has 1 heterocycles. The molecule has 0 saturated carbocycles. The summed E-state index contributed by atoms with van der Waals surface area (Å²) in [5, 5.41) is 6.73. The van der Waals surface area contributed by atoms with Gasteiger partial charge < -0.3 is 10.6 Å². The molecule has 2 rings (SSSR count). The van der Waals surface area contributed by atoms with Gasteiger partial charge in [0, 0.05) is 54.0 Å². The van der Waals surface area contributed by atoms with E-state index in [9.17, 15) is 4.21 Å². The van der Waals surface area contributed by atoms with E-state index in [1.54, 1.807) is 7.05 Å². The van der Waals surface area contributed by atoms with Crippen LogP contribution in [0.25, 0.3) is 0 Å². The number of nitrogens with one attached hydrogen (secondary N) is 2. The highest BCUT2D eigenvalue weighted by Crippen LogP contribution is 2.19. The molecule has 0 amide bonds. The van der Waals surface area contributed by atoms with E-state index in [1.807, 2.05) is 20.8 Å². The lowest BCUT2D eigenvalue weighted by Gasteiger charge is -2.25. The SMILES string of the molecule is CN=C(NCCS(=O)C(C)(C)C)NCC1CCCN1Cc1ccccc1.I. The van der Waals surface area contributed by atoms with Gasteiger partial charge in [-0.25, -0.2) is 0 Å². The zero-order valence-corrected chi connectivity index (χ0v) is 20.2. The first-order chi connectivity index (χ1) is 12.4. The van der Waals surface area contributed by atoms with Crippen molar-refractivity contribution < 1.29 is 4.21 Å². The van der Waals surface area contributed by atoms with Crippen molar-refractivity contribution >= 4 is 40.7 Å². The highest BCUT2D eigenvalue weighted by atomic mass is 127. The maximum absolute atomic E-state index is 12.1. The second-order valence-electron chi connectivity index (χ2n) is 7.79. The van der Waals surface area contributed by atoms with Crippen LogP contribution in [0.15, 0.2) is 35.3 Å². The fourth-order valence-corrected chi connectivity index (χ4v) is 4.06. The molecular weight excluding hydrogens is 471 g/mol. The second kappa shape index (κ2) is 12.0. The van der Waals surface area contributed by atoms with Crippen LogP contribution in [0.2, 0.25) is 0 Å². The molecule has 154 valence electrons. The number of rotatable bonds is 7. The fraction of sp³-hybridized carbons (Fsp3) is 0.650. The largest absolute Gasteiger partial charge is 0.355 e. The van der Waals surface area contributed by atoms with Crippen molar-refractivity contribution in [3.63, 3.8) is 0 Å². The first kappa shape index (κ1) is 24.4. The van der Waals surface area contributed by atoms with Crippen LogP contribution in [0.5, 0.6) is 0 Å². The van der Waals surface area contributed by atoms with E-state index in [-0.39, 0.29) is 28.7 Å². The summed E-state index contributed by atoms with van der Waals surface area (Å²) in [5.41, 5.74) is 1.37. The summed E-state index contributed by atoms with van der Waals surface area (Å²) in [6.07, 6.45) is 2.46. The van der Waals surface area contributed by atoms with Crippen LogP contribution in [-0.2, 0) is 17.3 Å². The molecule has 0 aromatic heterocycles. The minimum atomic E-state index is -0.844. The molecule has 0 bridgehead atoms. The maximum Gasteiger partial charge on any atom is 0.191 e. The Labute approximate surface area is 184 Å². The molecule has 27 heavy (non-hydrogen) atoms. The Morgan fingerprint density at radius 3 is 2.59 bits per heavy atom. The minimum Gasteiger partial charge on any atom is -0.355 e. The lowest BCUT2D eigenvalue weighted by atomic mass is 10.2. The van der Waals surface area contributed by atoms with Crippen molar-refractivity contribution in [1.82, 2.24) is 15.5 Å². The van der Waals surface area contributed by atoms with Crippen molar-refractivity contribution in [3.05, 3.63) is 35.9 Å². The highest BCUT2D eigenvalue weighted by Gasteiger charge is 2.24. The highest BCUT2D eigenvalue weighted by molar-refractivity contribution is 14.0. The molecule has 0 radical (unpaired) electrons. The molecular formula is C20H35IN4OS. The number of halogens is 1. The smallest absolute Gasteiger partial charge is 0.191 e. The molecule has 5 nitrogen and oxygen atoms in total. The lowest BCUT2D eigenvalue weighted by molar-refractivity contribution is 0.245. The van der Waals surface area contributed by atoms with Crippen LogP contribution in [0.1, 0.15) is 39.2 Å². The zero-order valence-electron chi connectivity index (χ0n) is 17.0. The van der Waals surface area contributed by atoms with Crippen molar-refractivity contribution in [2.75, 3.05) is 32.4 Å². The van der Waals surface area contributed by atoms with Crippen LogP contribution in [0.4, 0.5) is 0 Å². The van der Waals surface area contributed by atoms with E-state index in [2.05, 4.69) is 50.9 Å². The maximum atomic E-state index is 12.1. The summed E-state index contributed by atoms with van der Waals surface area (Å²) >= 11 is 0. The number of nitrogens with zero attached hydrogens (tertiary/aromatic N) is 2. The fourth-order valence-electron chi connectivity index (χ4n) is 3.16. The number of hydrogen-bond acceptors (Lipinski definition) is 3. The first-order valence-corrected chi connectivity index (χ1v) is 10.8. The van der Waals surface area contributed by atoms with Crippen LogP contribution in [0, 0.1) is 0 Å². The van der Waals surface area contributed by atoms with Gasteiger partial charge in [0.15, 0.2) is 5.96 Å². The Balaban J connectivity index is 0.00000364. The average molecular weight is 506 g/mol. The van der Waals surface area contributed by atoms with Gasteiger partial charge in [-0.3, -0.25) is 14.1 Å². The van der Waals surface area contributed by atoms with Crippen LogP contribution < -0.4 is 10.6 Å². The summed E-state index contributed by atoms with van der Waals surface area (Å²) in [4.78, 5) is 6.84. The number of hydrogen-bond donors (Lipinski definition) is 2. The van der Waals surface area contributed by atoms with Gasteiger partial charge in [0.1, 0.15) is 0 Å². The van der Waals surface area contributed by atoms with E-state index >= 15 is 0 Å². The van der Waals surface area contributed by atoms with Crippen LogP contribution in [0.3, 0.4) is 0 Å². The molecule has 1 fully saturated rings. The number of aliphatic imine (C=N–C) groups is 1. The standard InChI is InChI=1S/C20H34N4OS.HI/c1-20(2,3)26(25)14-12-22-19(21-4)23-15-18-11-8-13-24(18)16-17-9-6-5-7-10-17;/h5-7,9-10,18H,8,11-16H2,1-4H3,(H2,21,22,23);1H. The molecule has 2 N–H and O–H groups in total. The molecule has 2 unspecified atom stereocenters. The van der Waals surface area contributed by atoms with Crippen molar-refractivity contribution in [3.8, 4) is 0 Å². The minimum absolute atomic E-state index is 0. The first-order valence-electron chi connectivity index (χ1n) is 9.51. The number of benzene rings is 1. The molecule has 1 aromatic rings. The third-order valence-corrected chi connectivity index (χ3v) is 6.66. The molecule has 1 aromatic carbocycles.